The molecule has 2 aliphatic carbocycles. The molecule has 0 atom stereocenters. The minimum atomic E-state index is 0.00189. The third-order valence-electron chi connectivity index (χ3n) is 5.00. The second-order valence-corrected chi connectivity index (χ2v) is 6.76. The van der Waals surface area contributed by atoms with Crippen LogP contribution in [0.4, 0.5) is 0 Å². The molecule has 2 fully saturated rings. The molecule has 0 saturated heterocycles. The molecule has 2 rings (SSSR count). The van der Waals surface area contributed by atoms with E-state index in [1.165, 1.54) is 32.1 Å². The lowest BCUT2D eigenvalue weighted by molar-refractivity contribution is -0.146. The van der Waals surface area contributed by atoms with Crippen LogP contribution in [0, 0.1) is 5.41 Å². The molecule has 0 aromatic rings. The summed E-state index contributed by atoms with van der Waals surface area (Å²) in [6.07, 6.45) is 10.6. The second kappa shape index (κ2) is 6.40. The van der Waals surface area contributed by atoms with E-state index in [0.29, 0.717) is 11.9 Å². The standard InChI is InChI=1S/C15H26BrNO/c1-2-15(9-3-4-10-15)14(18)17(12-6-11-16)13-7-5-8-13/h13H,2-12H2,1H3. The van der Waals surface area contributed by atoms with Gasteiger partial charge in [0.25, 0.3) is 0 Å². The molecule has 2 nitrogen and oxygen atoms in total. The Bertz CT molecular complexity index is 282. The maximum Gasteiger partial charge on any atom is 0.229 e. The van der Waals surface area contributed by atoms with Gasteiger partial charge in [-0.05, 0) is 44.9 Å². The first-order valence-electron chi connectivity index (χ1n) is 7.60. The van der Waals surface area contributed by atoms with E-state index in [4.69, 9.17) is 0 Å². The maximum absolute atomic E-state index is 12.9. The fraction of sp³-hybridized carbons (Fsp3) is 0.933. The molecule has 2 saturated carbocycles. The molecule has 0 unspecified atom stereocenters. The van der Waals surface area contributed by atoms with Gasteiger partial charge in [0.05, 0.1) is 0 Å². The van der Waals surface area contributed by atoms with Crippen LogP contribution in [-0.2, 0) is 4.79 Å². The lowest BCUT2D eigenvalue weighted by Gasteiger charge is -2.42. The van der Waals surface area contributed by atoms with Gasteiger partial charge in [-0.1, -0.05) is 35.7 Å². The van der Waals surface area contributed by atoms with Crippen molar-refractivity contribution in [3.8, 4) is 0 Å². The summed E-state index contributed by atoms with van der Waals surface area (Å²) in [4.78, 5) is 15.2. The molecule has 0 spiro atoms. The van der Waals surface area contributed by atoms with Gasteiger partial charge in [-0.25, -0.2) is 0 Å². The largest absolute Gasteiger partial charge is 0.339 e. The van der Waals surface area contributed by atoms with Crippen molar-refractivity contribution in [2.75, 3.05) is 11.9 Å². The normalized spacial score (nSPS) is 22.8. The summed E-state index contributed by atoms with van der Waals surface area (Å²) in [7, 11) is 0. The van der Waals surface area contributed by atoms with Gasteiger partial charge in [-0.2, -0.15) is 0 Å². The molecule has 0 aromatic heterocycles. The van der Waals surface area contributed by atoms with E-state index >= 15 is 0 Å². The second-order valence-electron chi connectivity index (χ2n) is 5.97. The predicted molar refractivity (Wildman–Crippen MR) is 79.0 cm³/mol. The molecule has 18 heavy (non-hydrogen) atoms. The molecule has 0 aromatic carbocycles. The number of alkyl halides is 1. The smallest absolute Gasteiger partial charge is 0.229 e. The molecular weight excluding hydrogens is 290 g/mol. The van der Waals surface area contributed by atoms with Crippen molar-refractivity contribution in [1.29, 1.82) is 0 Å². The van der Waals surface area contributed by atoms with Crippen LogP contribution in [0.5, 0.6) is 0 Å². The third-order valence-corrected chi connectivity index (χ3v) is 5.56. The van der Waals surface area contributed by atoms with Crippen LogP contribution >= 0.6 is 15.9 Å². The number of nitrogens with zero attached hydrogens (tertiary/aromatic N) is 1. The summed E-state index contributed by atoms with van der Waals surface area (Å²) in [6, 6.07) is 0.556. The topological polar surface area (TPSA) is 20.3 Å². The highest BCUT2D eigenvalue weighted by Gasteiger charge is 2.44. The molecule has 2 aliphatic rings. The number of amides is 1. The molecule has 0 aliphatic heterocycles. The Morgan fingerprint density at radius 1 is 1.28 bits per heavy atom. The maximum atomic E-state index is 12.9. The Kier molecular flexibility index (Phi) is 5.11. The van der Waals surface area contributed by atoms with Crippen molar-refractivity contribution >= 4 is 21.8 Å². The summed E-state index contributed by atoms with van der Waals surface area (Å²) in [5.41, 5.74) is 0.00189. The molecule has 0 radical (unpaired) electrons. The highest BCUT2D eigenvalue weighted by molar-refractivity contribution is 9.09. The van der Waals surface area contributed by atoms with E-state index in [9.17, 15) is 4.79 Å². The van der Waals surface area contributed by atoms with E-state index in [1.807, 2.05) is 0 Å². The number of halogens is 1. The predicted octanol–water partition coefficient (Wildman–Crippen LogP) is 4.12. The van der Waals surface area contributed by atoms with E-state index in [0.717, 1.165) is 37.6 Å². The Hall–Kier alpha value is -0.0500. The fourth-order valence-corrected chi connectivity index (χ4v) is 3.70. The Morgan fingerprint density at radius 2 is 1.94 bits per heavy atom. The van der Waals surface area contributed by atoms with Crippen LogP contribution < -0.4 is 0 Å². The van der Waals surface area contributed by atoms with Crippen LogP contribution in [0.1, 0.15) is 64.7 Å². The third kappa shape index (κ3) is 2.76. The zero-order valence-corrected chi connectivity index (χ0v) is 13.2. The van der Waals surface area contributed by atoms with Crippen molar-refractivity contribution in [1.82, 2.24) is 4.90 Å². The molecule has 1 amide bonds. The Balaban J connectivity index is 2.05. The SMILES string of the molecule is CCC1(C(=O)N(CCCBr)C2CCC2)CCCC1. The molecular formula is C15H26BrNO. The van der Waals surface area contributed by atoms with E-state index in [1.54, 1.807) is 0 Å². The van der Waals surface area contributed by atoms with E-state index < -0.39 is 0 Å². The van der Waals surface area contributed by atoms with Gasteiger partial charge in [0, 0.05) is 23.3 Å². The summed E-state index contributed by atoms with van der Waals surface area (Å²) < 4.78 is 0. The summed E-state index contributed by atoms with van der Waals surface area (Å²) in [6.45, 7) is 3.16. The van der Waals surface area contributed by atoms with Crippen LogP contribution in [0.15, 0.2) is 0 Å². The first-order valence-corrected chi connectivity index (χ1v) is 8.73. The van der Waals surface area contributed by atoms with Gasteiger partial charge >= 0.3 is 0 Å². The van der Waals surface area contributed by atoms with Crippen LogP contribution in [0.25, 0.3) is 0 Å². The summed E-state index contributed by atoms with van der Waals surface area (Å²) in [5.74, 6) is 0.480. The minimum Gasteiger partial charge on any atom is -0.339 e. The molecule has 0 heterocycles. The first kappa shape index (κ1) is 14.4. The van der Waals surface area contributed by atoms with E-state index in [-0.39, 0.29) is 5.41 Å². The summed E-state index contributed by atoms with van der Waals surface area (Å²) >= 11 is 3.49. The average Bonchev–Trinajstić information content (AvgIpc) is 2.81. The number of hydrogen-bond acceptors (Lipinski definition) is 1. The lowest BCUT2D eigenvalue weighted by Crippen LogP contribution is -2.50. The molecule has 104 valence electrons. The van der Waals surface area contributed by atoms with Crippen molar-refractivity contribution < 1.29 is 4.79 Å². The quantitative estimate of drug-likeness (QED) is 0.675. The zero-order valence-electron chi connectivity index (χ0n) is 11.6. The average molecular weight is 316 g/mol. The fourth-order valence-electron chi connectivity index (χ4n) is 3.45. The van der Waals surface area contributed by atoms with Gasteiger partial charge in [-0.15, -0.1) is 0 Å². The van der Waals surface area contributed by atoms with Crippen LogP contribution in [-0.4, -0.2) is 28.7 Å². The van der Waals surface area contributed by atoms with Crippen molar-refractivity contribution in [2.24, 2.45) is 5.41 Å². The molecule has 0 bridgehead atoms. The van der Waals surface area contributed by atoms with Gasteiger partial charge in [0.15, 0.2) is 0 Å². The minimum absolute atomic E-state index is 0.00189. The van der Waals surface area contributed by atoms with Crippen LogP contribution in [0.3, 0.4) is 0 Å². The van der Waals surface area contributed by atoms with Gasteiger partial charge in [0.1, 0.15) is 0 Å². The number of carbonyl (C=O) groups is 1. The molecule has 0 N–H and O–H groups in total. The first-order chi connectivity index (χ1) is 8.73. The van der Waals surface area contributed by atoms with Crippen LogP contribution in [0.2, 0.25) is 0 Å². The number of hydrogen-bond donors (Lipinski definition) is 0. The zero-order chi connectivity index (χ0) is 13.0. The van der Waals surface area contributed by atoms with Crippen molar-refractivity contribution in [2.45, 2.75) is 70.8 Å². The van der Waals surface area contributed by atoms with Crippen molar-refractivity contribution in [3.05, 3.63) is 0 Å². The Labute approximate surface area is 120 Å². The monoisotopic (exact) mass is 315 g/mol. The summed E-state index contributed by atoms with van der Waals surface area (Å²) in [5, 5.41) is 1.00. The van der Waals surface area contributed by atoms with Gasteiger partial charge < -0.3 is 4.90 Å². The number of rotatable bonds is 6. The van der Waals surface area contributed by atoms with E-state index in [2.05, 4.69) is 27.8 Å². The van der Waals surface area contributed by atoms with Gasteiger partial charge in [0.2, 0.25) is 5.91 Å². The highest BCUT2D eigenvalue weighted by Crippen LogP contribution is 2.43. The number of carbonyl (C=O) groups excluding carboxylic acids is 1. The molecule has 3 heteroatoms. The lowest BCUT2D eigenvalue weighted by atomic mass is 9.80. The Morgan fingerprint density at radius 3 is 2.39 bits per heavy atom. The van der Waals surface area contributed by atoms with Crippen molar-refractivity contribution in [3.63, 3.8) is 0 Å². The van der Waals surface area contributed by atoms with Gasteiger partial charge in [-0.3, -0.25) is 4.79 Å². The highest BCUT2D eigenvalue weighted by atomic mass is 79.9.